The lowest BCUT2D eigenvalue weighted by atomic mass is 9.81. The first-order valence-corrected chi connectivity index (χ1v) is 7.83. The first-order valence-electron chi connectivity index (χ1n) is 6.23. The number of nitrogens with two attached hydrogens (primary N) is 1. The maximum atomic E-state index is 12.5. The van der Waals surface area contributed by atoms with E-state index in [1.54, 1.807) is 0 Å². The van der Waals surface area contributed by atoms with Crippen LogP contribution in [-0.2, 0) is 4.79 Å². The van der Waals surface area contributed by atoms with Gasteiger partial charge in [-0.25, -0.2) is 0 Å². The van der Waals surface area contributed by atoms with Crippen molar-refractivity contribution in [2.75, 3.05) is 0 Å². The lowest BCUT2D eigenvalue weighted by Crippen LogP contribution is -2.48. The fourth-order valence-corrected chi connectivity index (χ4v) is 3.44. The smallest absolute Gasteiger partial charge is 0.233 e. The van der Waals surface area contributed by atoms with E-state index in [4.69, 9.17) is 29.6 Å². The summed E-state index contributed by atoms with van der Waals surface area (Å²) in [5, 5.41) is 2.98. The van der Waals surface area contributed by atoms with Gasteiger partial charge in [-0.3, -0.25) is 4.79 Å². The minimum atomic E-state index is -0.759. The van der Waals surface area contributed by atoms with Crippen molar-refractivity contribution >= 4 is 46.1 Å². The Morgan fingerprint density at radius 3 is 2.47 bits per heavy atom. The second-order valence-corrected chi connectivity index (χ2v) is 6.68. The number of rotatable bonds is 6. The van der Waals surface area contributed by atoms with Crippen LogP contribution in [0.4, 0.5) is 0 Å². The van der Waals surface area contributed by atoms with Crippen molar-refractivity contribution in [2.24, 2.45) is 11.1 Å². The lowest BCUT2D eigenvalue weighted by molar-refractivity contribution is -0.128. The van der Waals surface area contributed by atoms with Crippen LogP contribution in [0.1, 0.15) is 44.5 Å². The van der Waals surface area contributed by atoms with Crippen molar-refractivity contribution in [1.29, 1.82) is 0 Å². The highest BCUT2D eigenvalue weighted by molar-refractivity contribution is 7.80. The molecule has 6 heteroatoms. The average Bonchev–Trinajstić information content (AvgIpc) is 2.77. The summed E-state index contributed by atoms with van der Waals surface area (Å²) in [6.07, 6.45) is 1.20. The molecule has 1 aromatic rings. The normalized spacial score (nSPS) is 13.1. The Balaban J connectivity index is 2.86. The molecule has 0 bridgehead atoms. The summed E-state index contributed by atoms with van der Waals surface area (Å²) >= 11 is 12.4. The molecule has 0 saturated heterocycles. The minimum Gasteiger partial charge on any atom is -0.392 e. The van der Waals surface area contributed by atoms with Gasteiger partial charge in [0, 0.05) is 4.88 Å². The lowest BCUT2D eigenvalue weighted by Gasteiger charge is -2.30. The summed E-state index contributed by atoms with van der Waals surface area (Å²) in [4.78, 5) is 13.7. The first kappa shape index (κ1) is 16.4. The number of carbonyl (C=O) groups excluding carboxylic acids is 1. The number of thiocarbonyl (C=S) groups is 1. The van der Waals surface area contributed by atoms with Crippen LogP contribution in [-0.4, -0.2) is 10.9 Å². The van der Waals surface area contributed by atoms with Crippen LogP contribution in [0.15, 0.2) is 12.1 Å². The average molecular weight is 319 g/mol. The van der Waals surface area contributed by atoms with Gasteiger partial charge in [0.05, 0.1) is 20.8 Å². The number of thiophene rings is 1. The number of carbonyl (C=O) groups is 1. The van der Waals surface area contributed by atoms with Crippen LogP contribution in [0.25, 0.3) is 0 Å². The molecule has 1 amide bonds. The summed E-state index contributed by atoms with van der Waals surface area (Å²) in [6.45, 7) is 5.78. The van der Waals surface area contributed by atoms with Gasteiger partial charge in [-0.05, 0) is 31.9 Å². The zero-order valence-electron chi connectivity index (χ0n) is 11.3. The van der Waals surface area contributed by atoms with Crippen LogP contribution >= 0.6 is 35.2 Å². The van der Waals surface area contributed by atoms with Gasteiger partial charge in [0.2, 0.25) is 5.91 Å². The number of hydrogen-bond acceptors (Lipinski definition) is 3. The monoisotopic (exact) mass is 318 g/mol. The van der Waals surface area contributed by atoms with Crippen molar-refractivity contribution in [1.82, 2.24) is 5.32 Å². The van der Waals surface area contributed by atoms with Crippen LogP contribution in [0, 0.1) is 5.41 Å². The molecule has 0 aromatic carbocycles. The van der Waals surface area contributed by atoms with Crippen LogP contribution < -0.4 is 11.1 Å². The second-order valence-electron chi connectivity index (χ2n) is 4.49. The molecule has 1 unspecified atom stereocenters. The quantitative estimate of drug-likeness (QED) is 0.787. The van der Waals surface area contributed by atoms with E-state index < -0.39 is 5.41 Å². The summed E-state index contributed by atoms with van der Waals surface area (Å²) in [5.74, 6) is -0.109. The van der Waals surface area contributed by atoms with E-state index >= 15 is 0 Å². The highest BCUT2D eigenvalue weighted by Crippen LogP contribution is 2.30. The molecule has 0 aliphatic rings. The molecule has 0 aliphatic carbocycles. The molecule has 0 fully saturated rings. The topological polar surface area (TPSA) is 55.1 Å². The summed E-state index contributed by atoms with van der Waals surface area (Å²) in [7, 11) is 0. The van der Waals surface area contributed by atoms with Crippen LogP contribution in [0.5, 0.6) is 0 Å². The van der Waals surface area contributed by atoms with E-state index in [1.165, 1.54) is 11.3 Å². The SMILES string of the molecule is CCC(CC)(C(=O)NC(C)c1ccc(Cl)s1)C(N)=S. The molecule has 1 aromatic heterocycles. The summed E-state index contributed by atoms with van der Waals surface area (Å²) in [5.41, 5.74) is 5.00. The third kappa shape index (κ3) is 3.46. The van der Waals surface area contributed by atoms with E-state index in [1.807, 2.05) is 32.9 Å². The fraction of sp³-hybridized carbons (Fsp3) is 0.538. The molecule has 106 valence electrons. The third-order valence-electron chi connectivity index (χ3n) is 3.48. The largest absolute Gasteiger partial charge is 0.392 e. The van der Waals surface area contributed by atoms with E-state index in [0.717, 1.165) is 4.88 Å². The molecular weight excluding hydrogens is 300 g/mol. The number of nitrogens with one attached hydrogen (secondary N) is 1. The highest BCUT2D eigenvalue weighted by atomic mass is 35.5. The Morgan fingerprint density at radius 2 is 2.11 bits per heavy atom. The van der Waals surface area contributed by atoms with Crippen LogP contribution in [0.3, 0.4) is 0 Å². The molecule has 0 aliphatic heterocycles. The molecule has 1 heterocycles. The molecule has 3 nitrogen and oxygen atoms in total. The predicted octanol–water partition coefficient (Wildman–Crippen LogP) is 3.67. The number of amides is 1. The zero-order chi connectivity index (χ0) is 14.6. The van der Waals surface area contributed by atoms with Gasteiger partial charge in [0.25, 0.3) is 0 Å². The van der Waals surface area contributed by atoms with Crippen molar-refractivity contribution < 1.29 is 4.79 Å². The maximum absolute atomic E-state index is 12.5. The summed E-state index contributed by atoms with van der Waals surface area (Å²) < 4.78 is 0.711. The number of hydrogen-bond donors (Lipinski definition) is 2. The predicted molar refractivity (Wildman–Crippen MR) is 85.7 cm³/mol. The van der Waals surface area contributed by atoms with Gasteiger partial charge in [0.1, 0.15) is 0 Å². The molecule has 0 spiro atoms. The van der Waals surface area contributed by atoms with Gasteiger partial charge in [-0.15, -0.1) is 11.3 Å². The van der Waals surface area contributed by atoms with Gasteiger partial charge < -0.3 is 11.1 Å². The Kier molecular flexibility index (Phi) is 5.77. The Morgan fingerprint density at radius 1 is 1.53 bits per heavy atom. The summed E-state index contributed by atoms with van der Waals surface area (Å²) in [6, 6.07) is 3.64. The van der Waals surface area contributed by atoms with Crippen molar-refractivity contribution in [3.63, 3.8) is 0 Å². The molecule has 1 rings (SSSR count). The van der Waals surface area contributed by atoms with E-state index in [9.17, 15) is 4.79 Å². The minimum absolute atomic E-state index is 0.100. The Hall–Kier alpha value is -0.650. The van der Waals surface area contributed by atoms with Gasteiger partial charge in [-0.2, -0.15) is 0 Å². The third-order valence-corrected chi connectivity index (χ3v) is 5.29. The van der Waals surface area contributed by atoms with Crippen molar-refractivity contribution in [3.8, 4) is 0 Å². The van der Waals surface area contributed by atoms with Gasteiger partial charge in [-0.1, -0.05) is 37.7 Å². The Labute approximate surface area is 128 Å². The molecule has 3 N–H and O–H groups in total. The molecular formula is C13H19ClN2OS2. The highest BCUT2D eigenvalue weighted by Gasteiger charge is 2.38. The van der Waals surface area contributed by atoms with Crippen molar-refractivity contribution in [3.05, 3.63) is 21.3 Å². The first-order chi connectivity index (χ1) is 8.87. The number of halogens is 1. The Bertz CT molecular complexity index is 469. The van der Waals surface area contributed by atoms with E-state index in [2.05, 4.69) is 5.32 Å². The fourth-order valence-electron chi connectivity index (χ4n) is 2.00. The zero-order valence-corrected chi connectivity index (χ0v) is 13.7. The molecule has 1 atom stereocenters. The second kappa shape index (κ2) is 6.68. The van der Waals surface area contributed by atoms with E-state index in [0.29, 0.717) is 17.2 Å². The van der Waals surface area contributed by atoms with Crippen LogP contribution in [0.2, 0.25) is 4.34 Å². The van der Waals surface area contributed by atoms with Crippen molar-refractivity contribution in [2.45, 2.75) is 39.7 Å². The van der Waals surface area contributed by atoms with Gasteiger partial charge in [0.15, 0.2) is 0 Å². The van der Waals surface area contributed by atoms with Gasteiger partial charge >= 0.3 is 0 Å². The maximum Gasteiger partial charge on any atom is 0.233 e. The standard InChI is InChI=1S/C13H19ClN2OS2/c1-4-13(5-2,11(15)18)12(17)16-8(3)9-6-7-10(14)19-9/h6-8H,4-5H2,1-3H3,(H2,15,18)(H,16,17). The van der Waals surface area contributed by atoms with E-state index in [-0.39, 0.29) is 16.9 Å². The molecule has 0 radical (unpaired) electrons. The molecule has 0 saturated carbocycles. The molecule has 19 heavy (non-hydrogen) atoms.